The van der Waals surface area contributed by atoms with E-state index in [9.17, 15) is 17.6 Å². The summed E-state index contributed by atoms with van der Waals surface area (Å²) in [7, 11) is 0. The minimum atomic E-state index is -4.55. The molecule has 1 nitrogen and oxygen atoms in total. The molecule has 174 valence electrons. The molecule has 3 unspecified atom stereocenters. The molecule has 1 saturated heterocycles. The first-order valence-corrected chi connectivity index (χ1v) is 12.3. The molecular formula is C25H40F4O. The molecule has 2 saturated carbocycles. The van der Waals surface area contributed by atoms with Crippen molar-refractivity contribution in [1.29, 1.82) is 0 Å². The van der Waals surface area contributed by atoms with Gasteiger partial charge in [0, 0.05) is 5.92 Å². The van der Waals surface area contributed by atoms with Crippen molar-refractivity contribution in [3.8, 4) is 0 Å². The van der Waals surface area contributed by atoms with Crippen molar-refractivity contribution in [1.82, 2.24) is 0 Å². The van der Waals surface area contributed by atoms with E-state index in [0.717, 1.165) is 31.3 Å². The maximum absolute atomic E-state index is 13.9. The van der Waals surface area contributed by atoms with Crippen LogP contribution >= 0.6 is 0 Å². The van der Waals surface area contributed by atoms with Gasteiger partial charge in [-0.3, -0.25) is 0 Å². The zero-order valence-electron chi connectivity index (χ0n) is 18.7. The van der Waals surface area contributed by atoms with E-state index in [1.807, 2.05) is 0 Å². The van der Waals surface area contributed by atoms with Gasteiger partial charge >= 0.3 is 6.18 Å². The molecule has 1 heterocycles. The lowest BCUT2D eigenvalue weighted by Gasteiger charge is -2.41. The largest absolute Gasteiger partial charge is 0.412 e. The summed E-state index contributed by atoms with van der Waals surface area (Å²) in [5.74, 6) is 1.89. The molecule has 0 aromatic heterocycles. The topological polar surface area (TPSA) is 9.23 Å². The van der Waals surface area contributed by atoms with Crippen molar-refractivity contribution in [2.75, 3.05) is 6.61 Å². The van der Waals surface area contributed by atoms with Crippen molar-refractivity contribution in [3.05, 3.63) is 11.9 Å². The van der Waals surface area contributed by atoms with E-state index in [1.165, 1.54) is 51.4 Å². The van der Waals surface area contributed by atoms with Crippen molar-refractivity contribution in [3.63, 3.8) is 0 Å². The normalized spacial score (nSPS) is 37.7. The molecule has 0 bridgehead atoms. The molecule has 1 aliphatic heterocycles. The predicted octanol–water partition coefficient (Wildman–Crippen LogP) is 8.25. The SMILES string of the molecule is CCCC(C)C1CCC(C2CCC(C3CCC(/C(F)=C/C(F)(F)F)CC3)CC2)OC1. The van der Waals surface area contributed by atoms with Crippen LogP contribution in [0.3, 0.4) is 0 Å². The van der Waals surface area contributed by atoms with Crippen LogP contribution in [0.1, 0.15) is 90.9 Å². The standard InChI is InChI=1S/C25H40F4O/c1-3-4-17(2)22-13-14-24(30-16-22)21-11-7-19(8-12-21)18-5-9-20(10-6-18)23(26)15-25(27,28)29/h15,17-22,24H,3-14,16H2,1-2H3/b23-15-. The molecule has 0 radical (unpaired) electrons. The van der Waals surface area contributed by atoms with Crippen LogP contribution in [0.4, 0.5) is 17.6 Å². The molecule has 2 aliphatic carbocycles. The third-order valence-corrected chi connectivity index (χ3v) is 8.37. The quantitative estimate of drug-likeness (QED) is 0.384. The van der Waals surface area contributed by atoms with Crippen LogP contribution in [0, 0.1) is 35.5 Å². The Morgan fingerprint density at radius 3 is 1.97 bits per heavy atom. The Morgan fingerprint density at radius 1 is 0.900 bits per heavy atom. The first kappa shape index (κ1) is 24.1. The highest BCUT2D eigenvalue weighted by atomic mass is 19.4. The Morgan fingerprint density at radius 2 is 1.47 bits per heavy atom. The van der Waals surface area contributed by atoms with Crippen LogP contribution < -0.4 is 0 Å². The summed E-state index contributed by atoms with van der Waals surface area (Å²) in [6.07, 6.45) is 8.48. The predicted molar refractivity (Wildman–Crippen MR) is 113 cm³/mol. The van der Waals surface area contributed by atoms with Gasteiger partial charge in [-0.25, -0.2) is 4.39 Å². The molecule has 0 N–H and O–H groups in total. The van der Waals surface area contributed by atoms with E-state index >= 15 is 0 Å². The zero-order valence-corrected chi connectivity index (χ0v) is 18.7. The molecule has 0 aromatic carbocycles. The van der Waals surface area contributed by atoms with Gasteiger partial charge in [0.05, 0.1) is 18.8 Å². The third kappa shape index (κ3) is 6.71. The lowest BCUT2D eigenvalue weighted by molar-refractivity contribution is -0.0822. The van der Waals surface area contributed by atoms with Crippen LogP contribution in [0.25, 0.3) is 0 Å². The Hall–Kier alpha value is -0.580. The van der Waals surface area contributed by atoms with Gasteiger partial charge in [-0.2, -0.15) is 13.2 Å². The molecule has 3 aliphatic rings. The van der Waals surface area contributed by atoms with E-state index in [-0.39, 0.29) is 6.08 Å². The molecular weight excluding hydrogens is 392 g/mol. The van der Waals surface area contributed by atoms with Crippen LogP contribution in [0.5, 0.6) is 0 Å². The Balaban J connectivity index is 1.38. The summed E-state index contributed by atoms with van der Waals surface area (Å²) in [4.78, 5) is 0. The molecule has 0 aromatic rings. The molecule has 0 spiro atoms. The van der Waals surface area contributed by atoms with Gasteiger partial charge in [0.15, 0.2) is 0 Å². The van der Waals surface area contributed by atoms with Gasteiger partial charge in [0.2, 0.25) is 0 Å². The summed E-state index contributed by atoms with van der Waals surface area (Å²) in [6.45, 7) is 5.54. The van der Waals surface area contributed by atoms with Crippen molar-refractivity contribution < 1.29 is 22.3 Å². The molecule has 3 rings (SSSR count). The molecule has 30 heavy (non-hydrogen) atoms. The molecule has 3 atom stereocenters. The molecule has 5 heteroatoms. The number of alkyl halides is 3. The second-order valence-electron chi connectivity index (χ2n) is 10.3. The summed E-state index contributed by atoms with van der Waals surface area (Å²) in [6, 6.07) is 0. The maximum Gasteiger partial charge on any atom is 0.412 e. The first-order valence-electron chi connectivity index (χ1n) is 12.3. The number of hydrogen-bond acceptors (Lipinski definition) is 1. The fourth-order valence-electron chi connectivity index (χ4n) is 6.43. The molecule has 0 amide bonds. The van der Waals surface area contributed by atoms with Crippen LogP contribution in [0.15, 0.2) is 11.9 Å². The molecule has 3 fully saturated rings. The smallest absolute Gasteiger partial charge is 0.378 e. The van der Waals surface area contributed by atoms with Crippen molar-refractivity contribution in [2.24, 2.45) is 35.5 Å². The number of allylic oxidation sites excluding steroid dienone is 2. The lowest BCUT2D eigenvalue weighted by atomic mass is 9.67. The van der Waals surface area contributed by atoms with Gasteiger partial charge in [-0.15, -0.1) is 0 Å². The van der Waals surface area contributed by atoms with Gasteiger partial charge in [0.25, 0.3) is 0 Å². The van der Waals surface area contributed by atoms with Crippen molar-refractivity contribution in [2.45, 2.75) is 103 Å². The van der Waals surface area contributed by atoms with E-state index < -0.39 is 17.9 Å². The van der Waals surface area contributed by atoms with E-state index in [4.69, 9.17) is 4.74 Å². The number of halogens is 4. The first-order chi connectivity index (χ1) is 14.3. The lowest BCUT2D eigenvalue weighted by Crippen LogP contribution is -2.37. The summed E-state index contributed by atoms with van der Waals surface area (Å²) >= 11 is 0. The Labute approximate surface area is 180 Å². The summed E-state index contributed by atoms with van der Waals surface area (Å²) < 4.78 is 57.3. The average Bonchev–Trinajstić information content (AvgIpc) is 2.73. The van der Waals surface area contributed by atoms with Gasteiger partial charge < -0.3 is 4.74 Å². The monoisotopic (exact) mass is 432 g/mol. The highest BCUT2D eigenvalue weighted by Crippen LogP contribution is 2.45. The third-order valence-electron chi connectivity index (χ3n) is 8.37. The van der Waals surface area contributed by atoms with Crippen LogP contribution in [0.2, 0.25) is 0 Å². The Kier molecular flexibility index (Phi) is 8.69. The second kappa shape index (κ2) is 10.8. The minimum absolute atomic E-state index is 0.138. The Bertz CT molecular complexity index is 534. The van der Waals surface area contributed by atoms with E-state index in [0.29, 0.717) is 36.7 Å². The summed E-state index contributed by atoms with van der Waals surface area (Å²) in [5, 5.41) is 0. The van der Waals surface area contributed by atoms with Crippen LogP contribution in [-0.4, -0.2) is 18.9 Å². The van der Waals surface area contributed by atoms with E-state index in [2.05, 4.69) is 13.8 Å². The zero-order chi connectivity index (χ0) is 21.7. The van der Waals surface area contributed by atoms with Gasteiger partial charge in [-0.1, -0.05) is 26.7 Å². The number of hydrogen-bond donors (Lipinski definition) is 0. The second-order valence-corrected chi connectivity index (χ2v) is 10.3. The number of ether oxygens (including phenoxy) is 1. The van der Waals surface area contributed by atoms with Crippen molar-refractivity contribution >= 4 is 0 Å². The minimum Gasteiger partial charge on any atom is -0.378 e. The fourth-order valence-corrected chi connectivity index (χ4v) is 6.43. The highest BCUT2D eigenvalue weighted by molar-refractivity contribution is 5.03. The van der Waals surface area contributed by atoms with Gasteiger partial charge in [0.1, 0.15) is 5.83 Å². The highest BCUT2D eigenvalue weighted by Gasteiger charge is 2.37. The number of rotatable bonds is 6. The maximum atomic E-state index is 13.9. The van der Waals surface area contributed by atoms with Gasteiger partial charge in [-0.05, 0) is 93.8 Å². The van der Waals surface area contributed by atoms with E-state index in [1.54, 1.807) is 0 Å². The average molecular weight is 433 g/mol. The van der Waals surface area contributed by atoms with Crippen LogP contribution in [-0.2, 0) is 4.74 Å². The fraction of sp³-hybridized carbons (Fsp3) is 0.920. The summed E-state index contributed by atoms with van der Waals surface area (Å²) in [5.41, 5.74) is 0.